The summed E-state index contributed by atoms with van der Waals surface area (Å²) >= 11 is 0. The number of hydrogen-bond donors (Lipinski definition) is 0. The van der Waals surface area contributed by atoms with Gasteiger partial charge in [-0.15, -0.1) is 0 Å². The van der Waals surface area contributed by atoms with Gasteiger partial charge in [-0.2, -0.15) is 0 Å². The number of benzene rings is 1. The molecule has 0 aliphatic carbocycles. The third-order valence-corrected chi connectivity index (χ3v) is 4.62. The van der Waals surface area contributed by atoms with Gasteiger partial charge >= 0.3 is 0 Å². The Hall–Kier alpha value is -1.65. The molecule has 3 rings (SSSR count). The largest absolute Gasteiger partial charge is 0.375 e. The molecule has 1 atom stereocenters. The molecule has 0 unspecified atom stereocenters. The van der Waals surface area contributed by atoms with E-state index in [1.165, 1.54) is 30.8 Å². The summed E-state index contributed by atoms with van der Waals surface area (Å²) in [7, 11) is 0. The van der Waals surface area contributed by atoms with Crippen LogP contribution in [0.5, 0.6) is 0 Å². The third-order valence-electron chi connectivity index (χ3n) is 4.62. The quantitative estimate of drug-likeness (QED) is 0.735. The normalized spacial score (nSPS) is 19.1. The molecular weight excluding hydrogens is 286 g/mol. The van der Waals surface area contributed by atoms with Crippen LogP contribution in [-0.2, 0) is 17.9 Å². The van der Waals surface area contributed by atoms with Crippen LogP contribution in [0.3, 0.4) is 0 Å². The summed E-state index contributed by atoms with van der Waals surface area (Å²) in [6.45, 7) is 7.98. The first-order valence-electron chi connectivity index (χ1n) is 8.72. The smallest absolute Gasteiger partial charge is 0.113 e. The number of likely N-dealkylation sites (tertiary alicyclic amines) is 1. The van der Waals surface area contributed by atoms with Gasteiger partial charge in [-0.05, 0) is 31.9 Å². The van der Waals surface area contributed by atoms with Crippen molar-refractivity contribution in [2.75, 3.05) is 26.2 Å². The van der Waals surface area contributed by atoms with Gasteiger partial charge in [-0.3, -0.25) is 0 Å². The second kappa shape index (κ2) is 8.27. The molecule has 23 heavy (non-hydrogen) atoms. The number of ether oxygens (including phenoxy) is 1. The molecule has 0 spiro atoms. The molecule has 0 bridgehead atoms. The topological polar surface area (TPSA) is 30.3 Å². The Labute approximate surface area is 139 Å². The zero-order chi connectivity index (χ0) is 15.9. The molecule has 4 heteroatoms. The van der Waals surface area contributed by atoms with Crippen LogP contribution in [0.15, 0.2) is 42.7 Å². The fourth-order valence-corrected chi connectivity index (χ4v) is 3.38. The van der Waals surface area contributed by atoms with E-state index in [0.717, 1.165) is 26.2 Å². The van der Waals surface area contributed by atoms with Crippen molar-refractivity contribution in [1.82, 2.24) is 14.5 Å². The monoisotopic (exact) mass is 313 g/mol. The van der Waals surface area contributed by atoms with E-state index >= 15 is 0 Å². The number of nitrogens with zero attached hydrogens (tertiary/aromatic N) is 3. The predicted molar refractivity (Wildman–Crippen MR) is 92.4 cm³/mol. The fraction of sp³-hybridized carbons (Fsp3) is 0.526. The van der Waals surface area contributed by atoms with E-state index in [0.29, 0.717) is 12.5 Å². The maximum atomic E-state index is 5.83. The van der Waals surface area contributed by atoms with Gasteiger partial charge in [-0.25, -0.2) is 4.98 Å². The summed E-state index contributed by atoms with van der Waals surface area (Å²) < 4.78 is 8.11. The second-order valence-corrected chi connectivity index (χ2v) is 6.25. The van der Waals surface area contributed by atoms with Crippen molar-refractivity contribution in [2.24, 2.45) is 0 Å². The van der Waals surface area contributed by atoms with Crippen LogP contribution in [0.25, 0.3) is 0 Å². The highest BCUT2D eigenvalue weighted by Crippen LogP contribution is 2.25. The number of aryl methyl sites for hydroxylation is 1. The second-order valence-electron chi connectivity index (χ2n) is 6.25. The van der Waals surface area contributed by atoms with E-state index in [2.05, 4.69) is 51.8 Å². The minimum absolute atomic E-state index is 0.563. The summed E-state index contributed by atoms with van der Waals surface area (Å²) in [5, 5.41) is 0. The molecule has 1 aromatic heterocycles. The predicted octanol–water partition coefficient (Wildman–Crippen LogP) is 3.30. The third kappa shape index (κ3) is 4.43. The fourth-order valence-electron chi connectivity index (χ4n) is 3.38. The first-order chi connectivity index (χ1) is 11.4. The van der Waals surface area contributed by atoms with Gasteiger partial charge in [0.05, 0.1) is 13.2 Å². The minimum atomic E-state index is 0.563. The lowest BCUT2D eigenvalue weighted by Gasteiger charge is -2.32. The molecule has 2 heterocycles. The molecule has 1 aliphatic rings. The van der Waals surface area contributed by atoms with E-state index in [-0.39, 0.29) is 0 Å². The van der Waals surface area contributed by atoms with E-state index in [9.17, 15) is 0 Å². The average Bonchev–Trinajstić information content (AvgIpc) is 3.09. The maximum Gasteiger partial charge on any atom is 0.113 e. The van der Waals surface area contributed by atoms with Crippen molar-refractivity contribution in [2.45, 2.75) is 38.8 Å². The minimum Gasteiger partial charge on any atom is -0.375 e. The van der Waals surface area contributed by atoms with Crippen molar-refractivity contribution < 1.29 is 4.74 Å². The Balaban J connectivity index is 1.44. The summed E-state index contributed by atoms with van der Waals surface area (Å²) in [5.41, 5.74) is 1.24. The van der Waals surface area contributed by atoms with Crippen molar-refractivity contribution in [1.29, 1.82) is 0 Å². The lowest BCUT2D eigenvalue weighted by Crippen LogP contribution is -2.37. The molecule has 1 aromatic carbocycles. The van der Waals surface area contributed by atoms with Gasteiger partial charge in [0.1, 0.15) is 5.82 Å². The number of aromatic nitrogens is 2. The van der Waals surface area contributed by atoms with Crippen LogP contribution in [0.2, 0.25) is 0 Å². The van der Waals surface area contributed by atoms with Gasteiger partial charge in [0.15, 0.2) is 0 Å². The lowest BCUT2D eigenvalue weighted by molar-refractivity contribution is 0.0821. The number of imidazole rings is 1. The van der Waals surface area contributed by atoms with Crippen LogP contribution in [0, 0.1) is 0 Å². The molecule has 1 aliphatic heterocycles. The van der Waals surface area contributed by atoms with Gasteiger partial charge < -0.3 is 14.2 Å². The number of hydrogen-bond acceptors (Lipinski definition) is 3. The Morgan fingerprint density at radius 1 is 1.26 bits per heavy atom. The summed E-state index contributed by atoms with van der Waals surface area (Å²) in [4.78, 5) is 7.11. The van der Waals surface area contributed by atoms with Gasteiger partial charge in [0.25, 0.3) is 0 Å². The van der Waals surface area contributed by atoms with Gasteiger partial charge in [0.2, 0.25) is 0 Å². The molecule has 1 saturated heterocycles. The highest BCUT2D eigenvalue weighted by atomic mass is 16.5. The summed E-state index contributed by atoms with van der Waals surface area (Å²) in [5.74, 6) is 1.82. The van der Waals surface area contributed by atoms with Crippen molar-refractivity contribution in [3.05, 3.63) is 54.1 Å². The van der Waals surface area contributed by atoms with Crippen LogP contribution < -0.4 is 0 Å². The van der Waals surface area contributed by atoms with Crippen molar-refractivity contribution >= 4 is 0 Å². The first-order valence-corrected chi connectivity index (χ1v) is 8.72. The van der Waals surface area contributed by atoms with Crippen LogP contribution in [-0.4, -0.2) is 40.7 Å². The molecule has 1 fully saturated rings. The van der Waals surface area contributed by atoms with Crippen molar-refractivity contribution in [3.8, 4) is 0 Å². The van der Waals surface area contributed by atoms with Gasteiger partial charge in [0, 0.05) is 37.9 Å². The summed E-state index contributed by atoms with van der Waals surface area (Å²) in [6.07, 6.45) is 6.52. The van der Waals surface area contributed by atoms with E-state index in [4.69, 9.17) is 4.74 Å². The molecule has 2 aromatic rings. The van der Waals surface area contributed by atoms with Crippen LogP contribution >= 0.6 is 0 Å². The van der Waals surface area contributed by atoms with Gasteiger partial charge in [-0.1, -0.05) is 30.3 Å². The Morgan fingerprint density at radius 3 is 2.96 bits per heavy atom. The van der Waals surface area contributed by atoms with Crippen LogP contribution in [0.4, 0.5) is 0 Å². The van der Waals surface area contributed by atoms with E-state index in [1.54, 1.807) is 0 Å². The lowest BCUT2D eigenvalue weighted by atomic mass is 9.97. The molecule has 4 nitrogen and oxygen atoms in total. The highest BCUT2D eigenvalue weighted by molar-refractivity contribution is 5.13. The Bertz CT molecular complexity index is 581. The molecular formula is C19H27N3O. The summed E-state index contributed by atoms with van der Waals surface area (Å²) in [6, 6.07) is 10.4. The highest BCUT2D eigenvalue weighted by Gasteiger charge is 2.24. The molecule has 0 radical (unpaired) electrons. The number of rotatable bonds is 7. The molecule has 0 amide bonds. The number of piperidine rings is 1. The zero-order valence-electron chi connectivity index (χ0n) is 14.0. The van der Waals surface area contributed by atoms with Crippen molar-refractivity contribution in [3.63, 3.8) is 0 Å². The van der Waals surface area contributed by atoms with E-state index < -0.39 is 0 Å². The average molecular weight is 313 g/mol. The van der Waals surface area contributed by atoms with E-state index in [1.807, 2.05) is 12.3 Å². The molecule has 0 N–H and O–H groups in total. The first kappa shape index (κ1) is 16.2. The molecule has 0 saturated carbocycles. The SMILES string of the molecule is CCn1ccnc1[C@@H]1CCCN(CCOCc2ccccc2)C1. The standard InChI is InChI=1S/C19H27N3O/c1-2-22-12-10-20-19(22)18-9-6-11-21(15-18)13-14-23-16-17-7-4-3-5-8-17/h3-5,7-8,10,12,18H,2,6,9,11,13-16H2,1H3/t18-/m1/s1. The Morgan fingerprint density at radius 2 is 2.13 bits per heavy atom. The zero-order valence-corrected chi connectivity index (χ0v) is 14.0. The molecule has 124 valence electrons. The Kier molecular flexibility index (Phi) is 5.83. The van der Waals surface area contributed by atoms with Crippen LogP contribution in [0.1, 0.15) is 37.1 Å². The maximum absolute atomic E-state index is 5.83.